The molecule has 2 unspecified atom stereocenters. The summed E-state index contributed by atoms with van der Waals surface area (Å²) in [5, 5.41) is 4.96. The Kier molecular flexibility index (Phi) is 3.68. The van der Waals surface area contributed by atoms with E-state index < -0.39 is 5.91 Å². The van der Waals surface area contributed by atoms with Gasteiger partial charge in [-0.05, 0) is 19.9 Å². The summed E-state index contributed by atoms with van der Waals surface area (Å²) in [6.07, 6.45) is 0. The molecule has 0 saturated carbocycles. The van der Waals surface area contributed by atoms with Crippen LogP contribution in [0.1, 0.15) is 33.9 Å². The van der Waals surface area contributed by atoms with Gasteiger partial charge >= 0.3 is 0 Å². The number of nitrogens with zero attached hydrogens (tertiary/aromatic N) is 1. The minimum Gasteiger partial charge on any atom is -0.366 e. The fourth-order valence-electron chi connectivity index (χ4n) is 2.06. The normalized spacial score (nSPS) is 24.0. The van der Waals surface area contributed by atoms with Crippen LogP contribution in [0.2, 0.25) is 0 Å². The van der Waals surface area contributed by atoms with Gasteiger partial charge in [-0.25, -0.2) is 0 Å². The van der Waals surface area contributed by atoms with Crippen LogP contribution in [0.25, 0.3) is 0 Å². The molecule has 0 aromatic carbocycles. The van der Waals surface area contributed by atoms with E-state index in [-0.39, 0.29) is 18.0 Å². The molecule has 0 spiro atoms. The third kappa shape index (κ3) is 2.39. The molecule has 1 aromatic rings. The first-order chi connectivity index (χ1) is 8.50. The number of hydrogen-bond acceptors (Lipinski definition) is 4. The van der Waals surface area contributed by atoms with E-state index in [1.54, 1.807) is 11.4 Å². The molecule has 2 heterocycles. The Balaban J connectivity index is 2.17. The minimum absolute atomic E-state index is 0.0200. The number of nitrogens with one attached hydrogen (secondary N) is 1. The van der Waals surface area contributed by atoms with Crippen LogP contribution in [0.4, 0.5) is 0 Å². The van der Waals surface area contributed by atoms with Crippen molar-refractivity contribution in [1.82, 2.24) is 10.2 Å². The number of nitrogens with two attached hydrogens (primary N) is 1. The second-order valence-electron chi connectivity index (χ2n) is 4.55. The van der Waals surface area contributed by atoms with Crippen molar-refractivity contribution in [2.45, 2.75) is 25.9 Å². The molecule has 2 rings (SSSR count). The summed E-state index contributed by atoms with van der Waals surface area (Å²) in [6.45, 7) is 5.57. The largest absolute Gasteiger partial charge is 0.366 e. The van der Waals surface area contributed by atoms with E-state index in [0.29, 0.717) is 17.0 Å². The molecule has 1 aliphatic rings. The minimum atomic E-state index is -0.493. The molecule has 0 radical (unpaired) electrons. The maximum Gasteiger partial charge on any atom is 0.264 e. The molecule has 1 aliphatic heterocycles. The molecule has 2 atom stereocenters. The van der Waals surface area contributed by atoms with E-state index in [4.69, 9.17) is 5.73 Å². The quantitative estimate of drug-likeness (QED) is 0.827. The Labute approximate surface area is 110 Å². The zero-order chi connectivity index (χ0) is 13.3. The number of hydrogen-bond donors (Lipinski definition) is 2. The fraction of sp³-hybridized carbons (Fsp3) is 0.500. The van der Waals surface area contributed by atoms with Crippen LogP contribution in [0.15, 0.2) is 11.4 Å². The highest BCUT2D eigenvalue weighted by atomic mass is 32.1. The van der Waals surface area contributed by atoms with E-state index in [1.807, 2.05) is 11.8 Å². The van der Waals surface area contributed by atoms with Gasteiger partial charge in [0.2, 0.25) is 5.91 Å². The molecule has 98 valence electrons. The fourth-order valence-corrected chi connectivity index (χ4v) is 2.91. The highest BCUT2D eigenvalue weighted by Crippen LogP contribution is 2.19. The van der Waals surface area contributed by atoms with Crippen LogP contribution >= 0.6 is 11.3 Å². The standard InChI is InChI=1S/C12H17N3O2S/c1-7-8(2)15(4-3-14-7)12(17)10-5-9(6-18-10)11(13)16/h5-8,14H,3-4H2,1-2H3,(H2,13,16). The molecule has 0 bridgehead atoms. The van der Waals surface area contributed by atoms with Crippen LogP contribution < -0.4 is 11.1 Å². The van der Waals surface area contributed by atoms with Gasteiger partial charge in [-0.15, -0.1) is 11.3 Å². The van der Waals surface area contributed by atoms with Gasteiger partial charge in [0.1, 0.15) is 0 Å². The molecule has 2 amide bonds. The number of amides is 2. The summed E-state index contributed by atoms with van der Waals surface area (Å²) in [5.74, 6) is -0.514. The SMILES string of the molecule is CC1NCCN(C(=O)c2cc(C(N)=O)cs2)C1C. The van der Waals surface area contributed by atoms with E-state index in [2.05, 4.69) is 12.2 Å². The molecule has 6 heteroatoms. The van der Waals surface area contributed by atoms with Crippen LogP contribution in [0.3, 0.4) is 0 Å². The highest BCUT2D eigenvalue weighted by molar-refractivity contribution is 7.12. The van der Waals surface area contributed by atoms with Gasteiger partial charge in [-0.3, -0.25) is 9.59 Å². The zero-order valence-corrected chi connectivity index (χ0v) is 11.3. The molecule has 0 aliphatic carbocycles. The predicted octanol–water partition coefficient (Wildman–Crippen LogP) is 0.669. The predicted molar refractivity (Wildman–Crippen MR) is 70.8 cm³/mol. The average molecular weight is 267 g/mol. The Bertz CT molecular complexity index is 472. The van der Waals surface area contributed by atoms with Crippen molar-refractivity contribution in [1.29, 1.82) is 0 Å². The van der Waals surface area contributed by atoms with Gasteiger partial charge in [-0.1, -0.05) is 0 Å². The number of carbonyl (C=O) groups excluding carboxylic acids is 2. The van der Waals surface area contributed by atoms with Crippen molar-refractivity contribution >= 4 is 23.2 Å². The van der Waals surface area contributed by atoms with Gasteiger partial charge in [0.05, 0.1) is 10.4 Å². The molecule has 1 saturated heterocycles. The summed E-state index contributed by atoms with van der Waals surface area (Å²) in [5.41, 5.74) is 5.59. The van der Waals surface area contributed by atoms with Crippen molar-refractivity contribution < 1.29 is 9.59 Å². The van der Waals surface area contributed by atoms with Gasteiger partial charge in [0.25, 0.3) is 5.91 Å². The van der Waals surface area contributed by atoms with Gasteiger partial charge in [0.15, 0.2) is 0 Å². The van der Waals surface area contributed by atoms with E-state index in [0.717, 1.165) is 6.54 Å². The number of rotatable bonds is 2. The lowest BCUT2D eigenvalue weighted by atomic mass is 10.1. The first kappa shape index (κ1) is 13.0. The lowest BCUT2D eigenvalue weighted by molar-refractivity contribution is 0.0608. The molecule has 1 aromatic heterocycles. The van der Waals surface area contributed by atoms with Crippen molar-refractivity contribution in [3.8, 4) is 0 Å². The molecule has 1 fully saturated rings. The summed E-state index contributed by atoms with van der Waals surface area (Å²) < 4.78 is 0. The number of piperazine rings is 1. The van der Waals surface area contributed by atoms with Gasteiger partial charge in [-0.2, -0.15) is 0 Å². The Morgan fingerprint density at radius 1 is 1.50 bits per heavy atom. The van der Waals surface area contributed by atoms with E-state index in [1.165, 1.54) is 11.3 Å². The topological polar surface area (TPSA) is 75.4 Å². The van der Waals surface area contributed by atoms with Gasteiger partial charge in [0, 0.05) is 30.6 Å². The van der Waals surface area contributed by atoms with Crippen molar-refractivity contribution in [3.05, 3.63) is 21.9 Å². The maximum absolute atomic E-state index is 12.3. The van der Waals surface area contributed by atoms with Gasteiger partial charge < -0.3 is 16.0 Å². The van der Waals surface area contributed by atoms with Crippen LogP contribution in [-0.2, 0) is 0 Å². The highest BCUT2D eigenvalue weighted by Gasteiger charge is 2.29. The van der Waals surface area contributed by atoms with E-state index in [9.17, 15) is 9.59 Å². The Morgan fingerprint density at radius 2 is 2.22 bits per heavy atom. The Hall–Kier alpha value is -1.40. The van der Waals surface area contributed by atoms with Crippen LogP contribution in [0.5, 0.6) is 0 Å². The summed E-state index contributed by atoms with van der Waals surface area (Å²) >= 11 is 1.27. The average Bonchev–Trinajstić information content (AvgIpc) is 2.81. The zero-order valence-electron chi connectivity index (χ0n) is 10.5. The molecule has 3 N–H and O–H groups in total. The van der Waals surface area contributed by atoms with Crippen LogP contribution in [-0.4, -0.2) is 41.9 Å². The monoisotopic (exact) mass is 267 g/mol. The second-order valence-corrected chi connectivity index (χ2v) is 5.46. The molecular formula is C12H17N3O2S. The first-order valence-corrected chi connectivity index (χ1v) is 6.81. The summed E-state index contributed by atoms with van der Waals surface area (Å²) in [7, 11) is 0. The molecular weight excluding hydrogens is 250 g/mol. The number of thiophene rings is 1. The second kappa shape index (κ2) is 5.07. The number of primary amides is 1. The lowest BCUT2D eigenvalue weighted by Gasteiger charge is -2.38. The van der Waals surface area contributed by atoms with Crippen LogP contribution in [0, 0.1) is 0 Å². The van der Waals surface area contributed by atoms with Crippen molar-refractivity contribution in [3.63, 3.8) is 0 Å². The Morgan fingerprint density at radius 3 is 2.83 bits per heavy atom. The first-order valence-electron chi connectivity index (χ1n) is 5.93. The third-order valence-corrected chi connectivity index (χ3v) is 4.31. The molecule has 18 heavy (non-hydrogen) atoms. The van der Waals surface area contributed by atoms with E-state index >= 15 is 0 Å². The molecule has 5 nitrogen and oxygen atoms in total. The smallest absolute Gasteiger partial charge is 0.264 e. The maximum atomic E-state index is 12.3. The summed E-state index contributed by atoms with van der Waals surface area (Å²) in [4.78, 5) is 25.8. The number of carbonyl (C=O) groups is 2. The third-order valence-electron chi connectivity index (χ3n) is 3.39. The van der Waals surface area contributed by atoms with Crippen molar-refractivity contribution in [2.75, 3.05) is 13.1 Å². The van der Waals surface area contributed by atoms with Crippen molar-refractivity contribution in [2.24, 2.45) is 5.73 Å². The lowest BCUT2D eigenvalue weighted by Crippen LogP contribution is -2.57. The summed E-state index contributed by atoms with van der Waals surface area (Å²) in [6, 6.07) is 2.00.